The second-order valence-corrected chi connectivity index (χ2v) is 22.5. The third-order valence-corrected chi connectivity index (χ3v) is 17.2. The minimum Gasteiger partial charge on any atom is -0.507 e. The molecule has 84 heavy (non-hydrogen) atoms. The predicted octanol–water partition coefficient (Wildman–Crippen LogP) is 8.51. The number of carboxylic acid groups (broad SMARTS) is 1. The molecule has 0 bridgehead atoms. The number of aromatic nitrogens is 3. The average molecular weight is 1200 g/mol. The molecule has 6 N–H and O–H groups in total. The first kappa shape index (κ1) is 60.9. The number of fused-ring (bicyclic) bond motifs is 2. The largest absolute Gasteiger partial charge is 0.507 e. The highest BCUT2D eigenvalue weighted by molar-refractivity contribution is 7.10. The number of benzene rings is 4. The number of halogens is 3. The van der Waals surface area contributed by atoms with Crippen LogP contribution in [0.4, 0.5) is 30.1 Å². The highest BCUT2D eigenvalue weighted by Gasteiger charge is 2.41. The number of amides is 6. The number of primary amides is 1. The van der Waals surface area contributed by atoms with E-state index in [0.29, 0.717) is 51.0 Å². The lowest BCUT2D eigenvalue weighted by Gasteiger charge is -2.35. The third kappa shape index (κ3) is 13.9. The van der Waals surface area contributed by atoms with Crippen molar-refractivity contribution in [1.29, 1.82) is 0 Å². The molecule has 21 nitrogen and oxygen atoms in total. The standard InChI is InChI=1S/C59H70ClF2N11O10S/c1-35(70(3)59(79)80)54(76)66-51(36-11-5-4-6-12-36)56(77)73-22-10-16-44(73)55-65-43(34-84-55)38-18-19-46(39-14-8-7-13-37(38)39)83-32-31-82-30-29-81-28-27-69(2)47(75)20-21-64-58-67-52-40(53(68-58)71-23-25-72(26-24-71)57(63)78)33-41(60)48(50(52)62)49-42(61)15-9-17-45(49)74/h7-9,13-15,17-19,33-36,44,51,74H,4-6,10-12,16,20-32H2,1-3H3,(H2,63,78)(H,66,76)(H,79,80)(H,64,67,68)/t35?,44?,51-/m0/s1. The fraction of sp³-hybridized carbons (Fsp3) is 0.458. The van der Waals surface area contributed by atoms with E-state index in [2.05, 4.69) is 20.6 Å². The number of nitrogens with one attached hydrogen (secondary N) is 2. The second-order valence-electron chi connectivity index (χ2n) is 21.2. The zero-order valence-electron chi connectivity index (χ0n) is 47.2. The Hall–Kier alpha value is -7.67. The van der Waals surface area contributed by atoms with Gasteiger partial charge in [0.25, 0.3) is 0 Å². The molecule has 3 atom stereocenters. The molecule has 6 amide bonds. The summed E-state index contributed by atoms with van der Waals surface area (Å²) in [6, 6.07) is 14.3. The molecule has 1 saturated carbocycles. The number of nitrogens with two attached hydrogens (primary N) is 1. The van der Waals surface area contributed by atoms with E-state index in [1.807, 2.05) is 51.6 Å². The van der Waals surface area contributed by atoms with Gasteiger partial charge in [-0.15, -0.1) is 11.3 Å². The number of ether oxygens (including phenoxy) is 3. The molecule has 2 unspecified atom stereocenters. The minimum atomic E-state index is -1.22. The number of carbonyl (C=O) groups is 5. The van der Waals surface area contributed by atoms with E-state index in [1.54, 1.807) is 7.05 Å². The lowest BCUT2D eigenvalue weighted by Crippen LogP contribution is -2.56. The number of phenols is 1. The van der Waals surface area contributed by atoms with Crippen molar-refractivity contribution in [3.05, 3.63) is 87.7 Å². The first-order valence-electron chi connectivity index (χ1n) is 28.3. The van der Waals surface area contributed by atoms with E-state index in [-0.39, 0.29) is 97.1 Å². The van der Waals surface area contributed by atoms with Gasteiger partial charge in [-0.3, -0.25) is 19.3 Å². The average Bonchev–Trinajstić information content (AvgIpc) is 1.69. The van der Waals surface area contributed by atoms with E-state index in [4.69, 9.17) is 36.5 Å². The Labute approximate surface area is 494 Å². The number of piperazine rings is 1. The number of anilines is 2. The quantitative estimate of drug-likeness (QED) is 0.0377. The van der Waals surface area contributed by atoms with Crippen molar-refractivity contribution in [1.82, 2.24) is 39.9 Å². The Morgan fingerprint density at radius 3 is 2.30 bits per heavy atom. The summed E-state index contributed by atoms with van der Waals surface area (Å²) >= 11 is 8.08. The molecule has 25 heteroatoms. The number of urea groups is 1. The fourth-order valence-corrected chi connectivity index (χ4v) is 12.3. The van der Waals surface area contributed by atoms with Crippen LogP contribution in [0.15, 0.2) is 66.0 Å². The molecule has 0 spiro atoms. The smallest absolute Gasteiger partial charge is 0.407 e. The molecule has 2 saturated heterocycles. The Kier molecular flexibility index (Phi) is 20.2. The molecule has 3 fully saturated rings. The zero-order chi connectivity index (χ0) is 59.6. The van der Waals surface area contributed by atoms with Gasteiger partial charge in [-0.1, -0.05) is 61.2 Å². The molecule has 6 aromatic rings. The Balaban J connectivity index is 0.732. The first-order chi connectivity index (χ1) is 40.5. The summed E-state index contributed by atoms with van der Waals surface area (Å²) < 4.78 is 49.3. The van der Waals surface area contributed by atoms with Gasteiger partial charge in [-0.25, -0.2) is 28.3 Å². The Morgan fingerprint density at radius 1 is 0.845 bits per heavy atom. The van der Waals surface area contributed by atoms with Crippen LogP contribution in [0, 0.1) is 17.6 Å². The summed E-state index contributed by atoms with van der Waals surface area (Å²) in [7, 11) is 3.00. The molecule has 3 aliphatic rings. The van der Waals surface area contributed by atoms with Crippen molar-refractivity contribution in [2.75, 3.05) is 103 Å². The monoisotopic (exact) mass is 1200 g/mol. The number of phenolic OH excluding ortho intramolecular Hbond substituents is 1. The van der Waals surface area contributed by atoms with Gasteiger partial charge in [0.05, 0.1) is 48.7 Å². The molecular weight excluding hydrogens is 1130 g/mol. The van der Waals surface area contributed by atoms with Crippen molar-refractivity contribution in [2.24, 2.45) is 11.7 Å². The number of thiazole rings is 1. The highest BCUT2D eigenvalue weighted by Crippen LogP contribution is 2.44. The highest BCUT2D eigenvalue weighted by atomic mass is 35.5. The summed E-state index contributed by atoms with van der Waals surface area (Å²) in [6.07, 6.45) is 4.98. The van der Waals surface area contributed by atoms with E-state index in [0.717, 1.165) is 82.9 Å². The SMILES string of the molecule is CC(C(=O)N[C@H](C(=O)N1CCCC1c1nc(-c2ccc(OCCOCCOCCN(C)C(=O)CCNc3nc(N4CCN(C(N)=O)CC4)c4cc(Cl)c(-c5c(O)cccc5F)c(F)c4n3)c3ccccc23)cs1)C1CCCCC1)N(C)C(=O)O. The van der Waals surface area contributed by atoms with Crippen LogP contribution in [0.5, 0.6) is 11.5 Å². The maximum Gasteiger partial charge on any atom is 0.407 e. The zero-order valence-corrected chi connectivity index (χ0v) is 48.7. The number of likely N-dealkylation sites (N-methyl/N-ethyl adjacent to an activating group) is 2. The Bertz CT molecular complexity index is 3350. The number of hydrogen-bond donors (Lipinski definition) is 5. The first-order valence-corrected chi connectivity index (χ1v) is 29.5. The normalized spacial score (nSPS) is 16.4. The van der Waals surface area contributed by atoms with Crippen molar-refractivity contribution in [3.63, 3.8) is 0 Å². The lowest BCUT2D eigenvalue weighted by molar-refractivity contribution is -0.140. The second kappa shape index (κ2) is 27.8. The molecule has 4 heterocycles. The number of carbonyl (C=O) groups excluding carboxylic acids is 4. The van der Waals surface area contributed by atoms with Gasteiger partial charge >= 0.3 is 12.1 Å². The van der Waals surface area contributed by atoms with Gasteiger partial charge in [0.15, 0.2) is 5.82 Å². The lowest BCUT2D eigenvalue weighted by atomic mass is 9.83. The van der Waals surface area contributed by atoms with Crippen molar-refractivity contribution < 1.29 is 57.2 Å². The minimum absolute atomic E-state index is 0.00637. The molecular formula is C59H70ClF2N11O10S. The van der Waals surface area contributed by atoms with Crippen molar-refractivity contribution >= 4 is 86.2 Å². The van der Waals surface area contributed by atoms with Crippen LogP contribution >= 0.6 is 22.9 Å². The van der Waals surface area contributed by atoms with Crippen molar-refractivity contribution in [2.45, 2.75) is 76.4 Å². The maximum atomic E-state index is 16.5. The fourth-order valence-electron chi connectivity index (χ4n) is 11.1. The molecule has 448 valence electrons. The molecule has 2 aromatic heterocycles. The summed E-state index contributed by atoms with van der Waals surface area (Å²) in [5, 5.41) is 30.8. The number of hydrogen-bond acceptors (Lipinski definition) is 15. The van der Waals surface area contributed by atoms with E-state index in [1.165, 1.54) is 53.3 Å². The van der Waals surface area contributed by atoms with Gasteiger partial charge < -0.3 is 60.4 Å². The van der Waals surface area contributed by atoms with Crippen LogP contribution in [-0.2, 0) is 23.9 Å². The van der Waals surface area contributed by atoms with Crippen LogP contribution in [-0.4, -0.2) is 180 Å². The molecule has 1 aliphatic carbocycles. The summed E-state index contributed by atoms with van der Waals surface area (Å²) in [4.78, 5) is 86.3. The summed E-state index contributed by atoms with van der Waals surface area (Å²) in [5.41, 5.74) is 6.22. The number of aromatic hydroxyl groups is 1. The summed E-state index contributed by atoms with van der Waals surface area (Å²) in [6.45, 7) is 5.04. The van der Waals surface area contributed by atoms with Crippen LogP contribution < -0.4 is 26.0 Å². The number of likely N-dealkylation sites (tertiary alicyclic amines) is 1. The van der Waals surface area contributed by atoms with Gasteiger partial charge in [0, 0.05) is 93.6 Å². The van der Waals surface area contributed by atoms with Crippen LogP contribution in [0.1, 0.15) is 69.3 Å². The Morgan fingerprint density at radius 2 is 1.57 bits per heavy atom. The van der Waals surface area contributed by atoms with E-state index in [9.17, 15) is 34.2 Å². The van der Waals surface area contributed by atoms with Gasteiger partial charge in [-0.2, -0.15) is 4.98 Å². The molecule has 4 aromatic carbocycles. The van der Waals surface area contributed by atoms with Gasteiger partial charge in [-0.05, 0) is 74.2 Å². The van der Waals surface area contributed by atoms with Crippen LogP contribution in [0.3, 0.4) is 0 Å². The summed E-state index contributed by atoms with van der Waals surface area (Å²) in [5.74, 6) is -2.28. The topological polar surface area (TPSA) is 258 Å². The molecule has 2 aliphatic heterocycles. The van der Waals surface area contributed by atoms with Crippen LogP contribution in [0.25, 0.3) is 44.1 Å². The number of nitrogens with zero attached hydrogens (tertiary/aromatic N) is 8. The van der Waals surface area contributed by atoms with E-state index >= 15 is 8.78 Å². The number of rotatable bonds is 23. The van der Waals surface area contributed by atoms with Gasteiger partial charge in [0.2, 0.25) is 23.7 Å². The third-order valence-electron chi connectivity index (χ3n) is 15.9. The van der Waals surface area contributed by atoms with Crippen molar-refractivity contribution in [3.8, 4) is 33.9 Å². The molecule has 9 rings (SSSR count). The molecule has 0 radical (unpaired) electrons. The predicted molar refractivity (Wildman–Crippen MR) is 315 cm³/mol. The van der Waals surface area contributed by atoms with Crippen LogP contribution in [0.2, 0.25) is 5.02 Å². The van der Waals surface area contributed by atoms with E-state index < -0.39 is 53.1 Å². The van der Waals surface area contributed by atoms with Gasteiger partial charge in [0.1, 0.15) is 52.3 Å². The maximum absolute atomic E-state index is 16.5.